The zero-order valence-electron chi connectivity index (χ0n) is 41.0. The molecule has 2 aromatic heterocycles. The van der Waals surface area contributed by atoms with E-state index in [0.29, 0.717) is 61.2 Å². The normalized spacial score (nSPS) is 12.7. The van der Waals surface area contributed by atoms with E-state index < -0.39 is 49.7 Å². The van der Waals surface area contributed by atoms with E-state index in [9.17, 15) is 31.5 Å². The number of fused-ring (bicyclic) bond motifs is 1. The van der Waals surface area contributed by atoms with Gasteiger partial charge < -0.3 is 34.1 Å². The number of hydrogen-bond acceptors (Lipinski definition) is 16. The highest BCUT2D eigenvalue weighted by Crippen LogP contribution is 2.40. The summed E-state index contributed by atoms with van der Waals surface area (Å²) in [6.07, 6.45) is 0.507. The minimum absolute atomic E-state index is 0.0255. The lowest BCUT2D eigenvalue weighted by Gasteiger charge is -2.36. The third-order valence-electron chi connectivity index (χ3n) is 11.8. The number of amides is 1. The maximum atomic E-state index is 14.6. The van der Waals surface area contributed by atoms with Gasteiger partial charge in [0.2, 0.25) is 10.2 Å². The van der Waals surface area contributed by atoms with Crippen molar-refractivity contribution >= 4 is 53.6 Å². The molecular formula is C53H52N6O13S3. The van der Waals surface area contributed by atoms with E-state index >= 15 is 0 Å². The molecule has 0 spiro atoms. The van der Waals surface area contributed by atoms with E-state index in [2.05, 4.69) is 25.3 Å². The Morgan fingerprint density at radius 1 is 0.733 bits per heavy atom. The summed E-state index contributed by atoms with van der Waals surface area (Å²) in [5, 5.41) is 20.6. The fourth-order valence-electron chi connectivity index (χ4n) is 7.89. The van der Waals surface area contributed by atoms with Crippen molar-refractivity contribution in [3.8, 4) is 23.0 Å². The van der Waals surface area contributed by atoms with Crippen molar-refractivity contribution in [2.75, 3.05) is 27.4 Å². The van der Waals surface area contributed by atoms with Crippen LogP contribution in [0, 0.1) is 6.92 Å². The number of aromatic nitrogens is 4. The van der Waals surface area contributed by atoms with Crippen LogP contribution < -0.4 is 29.0 Å². The van der Waals surface area contributed by atoms with Gasteiger partial charge in [-0.15, -0.1) is 16.4 Å². The summed E-state index contributed by atoms with van der Waals surface area (Å²) in [4.78, 5) is 29.9. The number of carbonyl (C=O) groups excluding carboxylic acids is 1. The van der Waals surface area contributed by atoms with Gasteiger partial charge >= 0.3 is 5.97 Å². The Bertz CT molecular complexity index is 3420. The average Bonchev–Trinajstić information content (AvgIpc) is 4.07. The molecular weight excluding hydrogens is 1020 g/mol. The van der Waals surface area contributed by atoms with Crippen LogP contribution in [-0.2, 0) is 63.9 Å². The van der Waals surface area contributed by atoms with Gasteiger partial charge in [0.25, 0.3) is 20.1 Å². The Morgan fingerprint density at radius 2 is 1.37 bits per heavy atom. The lowest BCUT2D eigenvalue weighted by Crippen LogP contribution is -2.49. The van der Waals surface area contributed by atoms with Gasteiger partial charge in [0.05, 0.1) is 48.2 Å². The zero-order valence-corrected chi connectivity index (χ0v) is 43.4. The minimum atomic E-state index is -4.34. The van der Waals surface area contributed by atoms with Crippen LogP contribution in [-0.4, -0.2) is 93.4 Å². The van der Waals surface area contributed by atoms with Crippen LogP contribution in [0.4, 0.5) is 0 Å². The lowest BCUT2D eigenvalue weighted by molar-refractivity contribution is -0.146. The van der Waals surface area contributed by atoms with E-state index in [1.807, 2.05) is 61.5 Å². The first kappa shape index (κ1) is 53.6. The molecule has 0 aliphatic rings. The second-order valence-electron chi connectivity index (χ2n) is 17.0. The number of carboxylic acids is 1. The Morgan fingerprint density at radius 3 is 2.03 bits per heavy atom. The van der Waals surface area contributed by atoms with Crippen LogP contribution in [0.1, 0.15) is 40.4 Å². The quantitative estimate of drug-likeness (QED) is 0.0296. The standard InChI is InChI=1S/C53H52N6O13S3/c1-35-13-24-46(25-14-35)75(65,66)72-28-27-69-44-12-8-9-37(29-44)33-70-36(2)50(51(61)62)55-49(60)32-59-31-41(56-58-59)34-71-45-23-26-47-48(30-45)73-52(54-47)74(63,64)57-53(38-10-6-5-7-11-38,39-15-19-42(67-3)20-16-39)40-17-21-43(68-4)22-18-40/h5-26,29-31,36,50,57H,27-28,32-34H2,1-4H3,(H,55,60)(H,61,62). The minimum Gasteiger partial charge on any atom is -0.497 e. The topological polar surface area (TPSA) is 246 Å². The van der Waals surface area contributed by atoms with Gasteiger partial charge in [0, 0.05) is 0 Å². The smallest absolute Gasteiger partial charge is 0.328 e. The predicted molar refractivity (Wildman–Crippen MR) is 277 cm³/mol. The molecule has 0 radical (unpaired) electrons. The van der Waals surface area contributed by atoms with Gasteiger partial charge in [-0.05, 0) is 103 Å². The van der Waals surface area contributed by atoms with Crippen LogP contribution in [0.5, 0.6) is 23.0 Å². The number of carboxylic acid groups (broad SMARTS) is 1. The van der Waals surface area contributed by atoms with Crippen molar-refractivity contribution in [2.45, 2.75) is 60.5 Å². The highest BCUT2D eigenvalue weighted by atomic mass is 32.2. The highest BCUT2D eigenvalue weighted by molar-refractivity contribution is 7.91. The van der Waals surface area contributed by atoms with Crippen LogP contribution in [0.3, 0.4) is 0 Å². The average molecular weight is 1080 g/mol. The molecule has 0 saturated carbocycles. The molecule has 2 unspecified atom stereocenters. The number of aryl methyl sites for hydroxylation is 1. The Labute approximate surface area is 437 Å². The molecule has 75 heavy (non-hydrogen) atoms. The SMILES string of the molecule is COc1ccc(C(NS(=O)(=O)c2nc3ccc(OCc4cn(CC(=O)NC(C(=O)O)C(C)OCc5cccc(OCCOS(=O)(=O)c6ccc(C)cc6)c5)nn4)cc3s2)(c2ccccc2)c2ccc(OC)cc2)cc1. The van der Waals surface area contributed by atoms with E-state index in [1.165, 1.54) is 29.9 Å². The van der Waals surface area contributed by atoms with Gasteiger partial charge in [-0.2, -0.15) is 13.1 Å². The van der Waals surface area contributed by atoms with E-state index in [4.69, 9.17) is 27.9 Å². The van der Waals surface area contributed by atoms with Gasteiger partial charge in [-0.3, -0.25) is 8.98 Å². The summed E-state index contributed by atoms with van der Waals surface area (Å²) in [6, 6.07) is 40.2. The number of thiazole rings is 1. The zero-order chi connectivity index (χ0) is 53.2. The molecule has 0 saturated heterocycles. The third kappa shape index (κ3) is 13.2. The van der Waals surface area contributed by atoms with Crippen LogP contribution in [0.15, 0.2) is 161 Å². The number of methoxy groups -OCH3 is 2. The fourth-order valence-corrected chi connectivity index (χ4v) is 11.4. The molecule has 22 heteroatoms. The summed E-state index contributed by atoms with van der Waals surface area (Å²) in [6.45, 7) is 2.62. The number of hydrogen-bond donors (Lipinski definition) is 3. The van der Waals surface area contributed by atoms with Gasteiger partial charge in [0.15, 0.2) is 6.04 Å². The summed E-state index contributed by atoms with van der Waals surface area (Å²) in [5.74, 6) is 0.0186. The maximum Gasteiger partial charge on any atom is 0.328 e. The largest absolute Gasteiger partial charge is 0.497 e. The maximum absolute atomic E-state index is 14.6. The molecule has 2 heterocycles. The number of rotatable bonds is 25. The number of benzene rings is 6. The van der Waals surface area contributed by atoms with Crippen molar-refractivity contribution < 1.29 is 59.4 Å². The molecule has 19 nitrogen and oxygen atoms in total. The van der Waals surface area contributed by atoms with E-state index in [1.54, 1.807) is 93.1 Å². The Kier molecular flexibility index (Phi) is 16.9. The second-order valence-corrected chi connectivity index (χ2v) is 21.5. The highest BCUT2D eigenvalue weighted by Gasteiger charge is 2.42. The molecule has 3 N–H and O–H groups in total. The van der Waals surface area contributed by atoms with E-state index in [0.717, 1.165) is 16.9 Å². The summed E-state index contributed by atoms with van der Waals surface area (Å²) < 4.78 is 92.3. The fraction of sp³-hybridized carbons (Fsp3) is 0.226. The number of nitrogens with zero attached hydrogens (tertiary/aromatic N) is 4. The molecule has 1 amide bonds. The van der Waals surface area contributed by atoms with Crippen LogP contribution in [0.25, 0.3) is 10.2 Å². The van der Waals surface area contributed by atoms with Crippen LogP contribution >= 0.6 is 11.3 Å². The van der Waals surface area contributed by atoms with Crippen molar-refractivity contribution in [3.05, 3.63) is 185 Å². The molecule has 8 aromatic rings. The molecule has 0 aliphatic heterocycles. The second kappa shape index (κ2) is 23.6. The Balaban J connectivity index is 0.862. The van der Waals surface area contributed by atoms with Crippen molar-refractivity contribution in [1.82, 2.24) is 30.0 Å². The Hall–Kier alpha value is -7.73. The summed E-state index contributed by atoms with van der Waals surface area (Å²) in [7, 11) is -5.17. The molecule has 0 fully saturated rings. The molecule has 2 atom stereocenters. The number of carbonyl (C=O) groups is 2. The molecule has 0 aliphatic carbocycles. The van der Waals surface area contributed by atoms with Crippen LogP contribution in [0.2, 0.25) is 0 Å². The first-order valence-electron chi connectivity index (χ1n) is 23.2. The monoisotopic (exact) mass is 1080 g/mol. The summed E-state index contributed by atoms with van der Waals surface area (Å²) in [5.41, 5.74) is 2.82. The molecule has 8 rings (SSSR count). The van der Waals surface area contributed by atoms with E-state index in [-0.39, 0.29) is 42.2 Å². The third-order valence-corrected chi connectivity index (χ3v) is 15.9. The lowest BCUT2D eigenvalue weighted by atomic mass is 9.78. The molecule has 6 aromatic carbocycles. The van der Waals surface area contributed by atoms with Gasteiger partial charge in [-0.1, -0.05) is 89.6 Å². The first-order chi connectivity index (χ1) is 36.0. The molecule has 0 bridgehead atoms. The van der Waals surface area contributed by atoms with Crippen molar-refractivity contribution in [2.24, 2.45) is 0 Å². The number of ether oxygens (including phenoxy) is 5. The predicted octanol–water partition coefficient (Wildman–Crippen LogP) is 7.02. The number of nitrogens with one attached hydrogen (secondary N) is 2. The van der Waals surface area contributed by atoms with Gasteiger partial charge in [0.1, 0.15) is 60.6 Å². The number of sulfonamides is 1. The summed E-state index contributed by atoms with van der Waals surface area (Å²) >= 11 is 0.970. The van der Waals surface area contributed by atoms with Gasteiger partial charge in [-0.25, -0.2) is 22.9 Å². The van der Waals surface area contributed by atoms with Crippen molar-refractivity contribution in [1.29, 1.82) is 0 Å². The number of aliphatic carboxylic acids is 1. The van der Waals surface area contributed by atoms with Crippen molar-refractivity contribution in [3.63, 3.8) is 0 Å². The molecule has 390 valence electrons. The first-order valence-corrected chi connectivity index (χ1v) is 26.9.